The Morgan fingerprint density at radius 3 is 2.36 bits per heavy atom. The molecule has 3 saturated carbocycles. The van der Waals surface area contributed by atoms with E-state index < -0.39 is 12.2 Å². The molecular weight excluding hydrogens is 180 g/mol. The Bertz CT molecular complexity index is 243. The number of fused-ring (bicyclic) bond motifs is 3. The molecule has 0 aromatic rings. The zero-order valence-corrected chi connectivity index (χ0v) is 8.21. The minimum Gasteiger partial charge on any atom is -0.393 e. The lowest BCUT2D eigenvalue weighted by atomic mass is 9.86. The smallest absolute Gasteiger partial charge is 0.0854 e. The summed E-state index contributed by atoms with van der Waals surface area (Å²) in [4.78, 5) is 0. The van der Waals surface area contributed by atoms with Crippen LogP contribution in [0.15, 0.2) is 0 Å². The van der Waals surface area contributed by atoms with E-state index in [1.54, 1.807) is 0 Å². The molecule has 0 bridgehead atoms. The first-order valence-electron chi connectivity index (χ1n) is 5.72. The molecule has 0 amide bonds. The zero-order chi connectivity index (χ0) is 9.87. The van der Waals surface area contributed by atoms with Crippen molar-refractivity contribution in [2.75, 3.05) is 0 Å². The largest absolute Gasteiger partial charge is 0.393 e. The van der Waals surface area contributed by atoms with Gasteiger partial charge in [0.15, 0.2) is 0 Å². The number of hydrogen-bond acceptors (Lipinski definition) is 3. The van der Waals surface area contributed by atoms with Crippen molar-refractivity contribution in [3.63, 3.8) is 0 Å². The quantitative estimate of drug-likeness (QED) is 0.518. The van der Waals surface area contributed by atoms with Gasteiger partial charge in [-0.25, -0.2) is 0 Å². The first-order valence-corrected chi connectivity index (χ1v) is 5.72. The minimum absolute atomic E-state index is 0.0532. The van der Waals surface area contributed by atoms with Crippen molar-refractivity contribution in [3.8, 4) is 0 Å². The highest BCUT2D eigenvalue weighted by Crippen LogP contribution is 2.57. The van der Waals surface area contributed by atoms with Crippen molar-refractivity contribution in [2.45, 2.75) is 44.0 Å². The van der Waals surface area contributed by atoms with Crippen LogP contribution in [-0.4, -0.2) is 33.6 Å². The van der Waals surface area contributed by atoms with E-state index in [1.165, 1.54) is 6.42 Å². The van der Waals surface area contributed by atoms with Crippen LogP contribution in [0.1, 0.15) is 25.7 Å². The SMILES string of the molecule is OC1CC2C3CC3CCC(O)C2C1O. The van der Waals surface area contributed by atoms with Crippen LogP contribution in [0.4, 0.5) is 0 Å². The molecule has 3 fully saturated rings. The lowest BCUT2D eigenvalue weighted by Crippen LogP contribution is -2.35. The number of aliphatic hydroxyl groups is 3. The third-order valence-electron chi connectivity index (χ3n) is 4.60. The highest BCUT2D eigenvalue weighted by Gasteiger charge is 2.56. The number of hydrogen-bond donors (Lipinski definition) is 3. The first kappa shape index (κ1) is 9.13. The van der Waals surface area contributed by atoms with Crippen molar-refractivity contribution in [2.24, 2.45) is 23.7 Å². The molecule has 0 radical (unpaired) electrons. The molecule has 3 nitrogen and oxygen atoms in total. The van der Waals surface area contributed by atoms with E-state index in [0.717, 1.165) is 18.8 Å². The molecule has 3 heteroatoms. The van der Waals surface area contributed by atoms with Crippen LogP contribution >= 0.6 is 0 Å². The van der Waals surface area contributed by atoms with E-state index in [-0.39, 0.29) is 12.0 Å². The van der Waals surface area contributed by atoms with E-state index in [4.69, 9.17) is 0 Å². The predicted octanol–water partition coefficient (Wildman–Crippen LogP) is 0.135. The van der Waals surface area contributed by atoms with Crippen LogP contribution in [0, 0.1) is 23.7 Å². The summed E-state index contributed by atoms with van der Waals surface area (Å²) in [5.74, 6) is 1.78. The van der Waals surface area contributed by atoms with Crippen molar-refractivity contribution >= 4 is 0 Å². The zero-order valence-electron chi connectivity index (χ0n) is 8.21. The summed E-state index contributed by atoms with van der Waals surface area (Å²) in [7, 11) is 0. The van der Waals surface area contributed by atoms with Crippen molar-refractivity contribution in [1.82, 2.24) is 0 Å². The molecule has 3 N–H and O–H groups in total. The lowest BCUT2D eigenvalue weighted by molar-refractivity contribution is -0.0288. The van der Waals surface area contributed by atoms with E-state index in [2.05, 4.69) is 0 Å². The van der Waals surface area contributed by atoms with Gasteiger partial charge in [-0.3, -0.25) is 0 Å². The molecule has 0 spiro atoms. The van der Waals surface area contributed by atoms with Gasteiger partial charge < -0.3 is 15.3 Å². The Labute approximate surface area is 83.8 Å². The van der Waals surface area contributed by atoms with Crippen LogP contribution in [0.5, 0.6) is 0 Å². The Morgan fingerprint density at radius 2 is 1.57 bits per heavy atom. The molecule has 14 heavy (non-hydrogen) atoms. The van der Waals surface area contributed by atoms with Gasteiger partial charge >= 0.3 is 0 Å². The van der Waals surface area contributed by atoms with Crippen LogP contribution in [-0.2, 0) is 0 Å². The van der Waals surface area contributed by atoms with Crippen molar-refractivity contribution < 1.29 is 15.3 Å². The Hall–Kier alpha value is -0.120. The summed E-state index contributed by atoms with van der Waals surface area (Å²) in [5, 5.41) is 29.3. The summed E-state index contributed by atoms with van der Waals surface area (Å²) in [6, 6.07) is 0. The maximum Gasteiger partial charge on any atom is 0.0854 e. The standard InChI is InChI=1S/C11H18O3/c12-8-2-1-5-3-6(5)7-4-9(13)11(14)10(7)8/h5-14H,1-4H2. The van der Waals surface area contributed by atoms with E-state index in [9.17, 15) is 15.3 Å². The van der Waals surface area contributed by atoms with E-state index in [0.29, 0.717) is 18.3 Å². The molecule has 3 aliphatic rings. The van der Waals surface area contributed by atoms with Gasteiger partial charge in [0.2, 0.25) is 0 Å². The first-order chi connectivity index (χ1) is 6.68. The molecule has 0 aromatic carbocycles. The van der Waals surface area contributed by atoms with Gasteiger partial charge in [-0.05, 0) is 43.4 Å². The van der Waals surface area contributed by atoms with Crippen molar-refractivity contribution in [1.29, 1.82) is 0 Å². The maximum atomic E-state index is 9.91. The fraction of sp³-hybridized carbons (Fsp3) is 1.00. The summed E-state index contributed by atoms with van der Waals surface area (Å²) in [6.45, 7) is 0. The molecule has 7 atom stereocenters. The van der Waals surface area contributed by atoms with Crippen molar-refractivity contribution in [3.05, 3.63) is 0 Å². The monoisotopic (exact) mass is 198 g/mol. The normalized spacial score (nSPS) is 61.5. The van der Waals surface area contributed by atoms with Crippen LogP contribution in [0.3, 0.4) is 0 Å². The second-order valence-electron chi connectivity index (χ2n) is 5.34. The fourth-order valence-electron chi connectivity index (χ4n) is 3.76. The van der Waals surface area contributed by atoms with Gasteiger partial charge in [0, 0.05) is 5.92 Å². The molecule has 0 heterocycles. The van der Waals surface area contributed by atoms with Crippen LogP contribution in [0.25, 0.3) is 0 Å². The Morgan fingerprint density at radius 1 is 0.786 bits per heavy atom. The fourth-order valence-corrected chi connectivity index (χ4v) is 3.76. The summed E-state index contributed by atoms with van der Waals surface area (Å²) in [5.41, 5.74) is 0. The summed E-state index contributed by atoms with van der Waals surface area (Å²) >= 11 is 0. The van der Waals surface area contributed by atoms with Crippen LogP contribution in [0.2, 0.25) is 0 Å². The molecule has 0 aliphatic heterocycles. The average Bonchev–Trinajstić information content (AvgIpc) is 2.86. The molecular formula is C11H18O3. The molecule has 3 rings (SSSR count). The van der Waals surface area contributed by atoms with Crippen LogP contribution < -0.4 is 0 Å². The third kappa shape index (κ3) is 1.16. The highest BCUT2D eigenvalue weighted by molar-refractivity contribution is 5.05. The topological polar surface area (TPSA) is 60.7 Å². The third-order valence-corrected chi connectivity index (χ3v) is 4.60. The van der Waals surface area contributed by atoms with Gasteiger partial charge in [-0.1, -0.05) is 0 Å². The van der Waals surface area contributed by atoms with Gasteiger partial charge in [0.05, 0.1) is 18.3 Å². The second-order valence-corrected chi connectivity index (χ2v) is 5.34. The highest BCUT2D eigenvalue weighted by atomic mass is 16.3. The summed E-state index contributed by atoms with van der Waals surface area (Å²) < 4.78 is 0. The molecule has 7 unspecified atom stereocenters. The Balaban J connectivity index is 1.86. The number of aliphatic hydroxyl groups excluding tert-OH is 3. The van der Waals surface area contributed by atoms with E-state index >= 15 is 0 Å². The number of rotatable bonds is 0. The maximum absolute atomic E-state index is 9.91. The molecule has 0 aromatic heterocycles. The summed E-state index contributed by atoms with van der Waals surface area (Å²) in [6.07, 6.45) is 2.21. The second kappa shape index (κ2) is 2.94. The Kier molecular flexibility index (Phi) is 1.92. The van der Waals surface area contributed by atoms with E-state index in [1.807, 2.05) is 0 Å². The van der Waals surface area contributed by atoms with Gasteiger partial charge in [0.25, 0.3) is 0 Å². The van der Waals surface area contributed by atoms with Gasteiger partial charge in [-0.2, -0.15) is 0 Å². The molecule has 0 saturated heterocycles. The van der Waals surface area contributed by atoms with Gasteiger partial charge in [-0.15, -0.1) is 0 Å². The molecule has 80 valence electrons. The minimum atomic E-state index is -0.686. The van der Waals surface area contributed by atoms with Gasteiger partial charge in [0.1, 0.15) is 0 Å². The molecule has 3 aliphatic carbocycles. The average molecular weight is 198 g/mol. The lowest BCUT2D eigenvalue weighted by Gasteiger charge is -2.25. The predicted molar refractivity (Wildman–Crippen MR) is 50.4 cm³/mol.